The minimum absolute atomic E-state index is 0.0812. The van der Waals surface area contributed by atoms with Gasteiger partial charge in [-0.3, -0.25) is 9.59 Å². The van der Waals surface area contributed by atoms with Crippen LogP contribution < -0.4 is 5.32 Å². The standard InChI is InChI=1S/C10H18N2O3/c13-9(3-1-4-10(14)15)12-7-2-5-11-6-8-12/h11H,1-8H2,(H,14,15). The van der Waals surface area contributed by atoms with E-state index in [1.807, 2.05) is 4.90 Å². The van der Waals surface area contributed by atoms with Crippen LogP contribution in [0.15, 0.2) is 0 Å². The Labute approximate surface area is 89.4 Å². The molecule has 2 N–H and O–H groups in total. The normalized spacial score (nSPS) is 17.2. The van der Waals surface area contributed by atoms with E-state index in [1.54, 1.807) is 0 Å². The number of amides is 1. The van der Waals surface area contributed by atoms with E-state index in [2.05, 4.69) is 5.32 Å². The maximum Gasteiger partial charge on any atom is 0.303 e. The lowest BCUT2D eigenvalue weighted by molar-refractivity contribution is -0.137. The molecule has 0 aliphatic carbocycles. The molecule has 0 aromatic heterocycles. The Balaban J connectivity index is 2.22. The van der Waals surface area contributed by atoms with Crippen molar-refractivity contribution in [2.75, 3.05) is 26.2 Å². The van der Waals surface area contributed by atoms with Gasteiger partial charge in [-0.2, -0.15) is 0 Å². The number of aliphatic carboxylic acids is 1. The van der Waals surface area contributed by atoms with E-state index in [9.17, 15) is 9.59 Å². The van der Waals surface area contributed by atoms with Gasteiger partial charge in [-0.05, 0) is 19.4 Å². The Kier molecular flexibility index (Phi) is 5.10. The molecule has 5 nitrogen and oxygen atoms in total. The molecule has 0 unspecified atom stereocenters. The number of hydrogen-bond acceptors (Lipinski definition) is 3. The smallest absolute Gasteiger partial charge is 0.303 e. The van der Waals surface area contributed by atoms with Gasteiger partial charge in [0.2, 0.25) is 5.91 Å². The largest absolute Gasteiger partial charge is 0.481 e. The fourth-order valence-electron chi connectivity index (χ4n) is 1.64. The first kappa shape index (κ1) is 12.0. The van der Waals surface area contributed by atoms with Gasteiger partial charge in [0.05, 0.1) is 0 Å². The second-order valence-corrected chi connectivity index (χ2v) is 3.73. The van der Waals surface area contributed by atoms with Crippen LogP contribution in [0.5, 0.6) is 0 Å². The molecule has 1 saturated heterocycles. The highest BCUT2D eigenvalue weighted by molar-refractivity contribution is 5.77. The van der Waals surface area contributed by atoms with Gasteiger partial charge < -0.3 is 15.3 Å². The van der Waals surface area contributed by atoms with E-state index >= 15 is 0 Å². The maximum absolute atomic E-state index is 11.6. The van der Waals surface area contributed by atoms with Crippen LogP contribution in [0.25, 0.3) is 0 Å². The van der Waals surface area contributed by atoms with Crippen LogP contribution >= 0.6 is 0 Å². The lowest BCUT2D eigenvalue weighted by Crippen LogP contribution is -2.34. The molecule has 0 radical (unpaired) electrons. The molecule has 5 heteroatoms. The van der Waals surface area contributed by atoms with Crippen LogP contribution in [-0.2, 0) is 9.59 Å². The Hall–Kier alpha value is -1.10. The Morgan fingerprint density at radius 2 is 2.00 bits per heavy atom. The van der Waals surface area contributed by atoms with Crippen LogP contribution in [0.3, 0.4) is 0 Å². The van der Waals surface area contributed by atoms with Crippen molar-refractivity contribution < 1.29 is 14.7 Å². The minimum atomic E-state index is -0.833. The van der Waals surface area contributed by atoms with Gasteiger partial charge in [-0.1, -0.05) is 0 Å². The van der Waals surface area contributed by atoms with Crippen LogP contribution in [0.4, 0.5) is 0 Å². The number of carbonyl (C=O) groups excluding carboxylic acids is 1. The van der Waals surface area contributed by atoms with E-state index in [0.717, 1.165) is 32.6 Å². The Morgan fingerprint density at radius 1 is 1.20 bits per heavy atom. The summed E-state index contributed by atoms with van der Waals surface area (Å²) >= 11 is 0. The van der Waals surface area contributed by atoms with Gasteiger partial charge >= 0.3 is 5.97 Å². The van der Waals surface area contributed by atoms with Crippen LogP contribution in [0.2, 0.25) is 0 Å². The molecule has 15 heavy (non-hydrogen) atoms. The summed E-state index contributed by atoms with van der Waals surface area (Å²) < 4.78 is 0. The third-order valence-corrected chi connectivity index (χ3v) is 2.47. The number of rotatable bonds is 4. The Morgan fingerprint density at radius 3 is 2.73 bits per heavy atom. The summed E-state index contributed by atoms with van der Waals surface area (Å²) in [7, 11) is 0. The molecular weight excluding hydrogens is 196 g/mol. The molecule has 0 saturated carbocycles. The van der Waals surface area contributed by atoms with Crippen LogP contribution in [0, 0.1) is 0 Å². The Bertz CT molecular complexity index is 223. The predicted molar refractivity (Wildman–Crippen MR) is 55.6 cm³/mol. The molecule has 1 rings (SSSR count). The lowest BCUT2D eigenvalue weighted by atomic mass is 10.2. The SMILES string of the molecule is O=C(O)CCCC(=O)N1CCCNCC1. The number of nitrogens with one attached hydrogen (secondary N) is 1. The van der Waals surface area contributed by atoms with Gasteiger partial charge in [0.25, 0.3) is 0 Å². The van der Waals surface area contributed by atoms with E-state index in [1.165, 1.54) is 0 Å². The summed E-state index contributed by atoms with van der Waals surface area (Å²) in [5.41, 5.74) is 0. The molecule has 0 atom stereocenters. The van der Waals surface area contributed by atoms with Crippen LogP contribution in [0.1, 0.15) is 25.7 Å². The van der Waals surface area contributed by atoms with Crippen molar-refractivity contribution in [3.8, 4) is 0 Å². The summed E-state index contributed by atoms with van der Waals surface area (Å²) in [6, 6.07) is 0. The summed E-state index contributed by atoms with van der Waals surface area (Å²) in [6.07, 6.45) is 1.85. The van der Waals surface area contributed by atoms with Crippen molar-refractivity contribution in [1.82, 2.24) is 10.2 Å². The molecule has 0 bridgehead atoms. The van der Waals surface area contributed by atoms with Crippen LogP contribution in [-0.4, -0.2) is 48.1 Å². The van der Waals surface area contributed by atoms with Gasteiger partial charge in [-0.15, -0.1) is 0 Å². The number of carboxylic acids is 1. The molecule has 0 aromatic rings. The molecular formula is C10H18N2O3. The number of carboxylic acid groups (broad SMARTS) is 1. The van der Waals surface area contributed by atoms with Crippen molar-refractivity contribution in [3.05, 3.63) is 0 Å². The molecule has 86 valence electrons. The second kappa shape index (κ2) is 6.40. The third-order valence-electron chi connectivity index (χ3n) is 2.47. The van der Waals surface area contributed by atoms with Gasteiger partial charge in [0.1, 0.15) is 0 Å². The highest BCUT2D eigenvalue weighted by Crippen LogP contribution is 2.03. The summed E-state index contributed by atoms with van der Waals surface area (Å²) in [4.78, 5) is 23.7. The van der Waals surface area contributed by atoms with Gasteiger partial charge in [0, 0.05) is 32.5 Å². The average Bonchev–Trinajstić information content (AvgIpc) is 2.44. The van der Waals surface area contributed by atoms with Crippen molar-refractivity contribution in [2.45, 2.75) is 25.7 Å². The molecule has 1 aliphatic heterocycles. The molecule has 0 aromatic carbocycles. The highest BCUT2D eigenvalue weighted by Gasteiger charge is 2.14. The average molecular weight is 214 g/mol. The zero-order valence-corrected chi connectivity index (χ0v) is 8.87. The van der Waals surface area contributed by atoms with E-state index in [-0.39, 0.29) is 12.3 Å². The third kappa shape index (κ3) is 4.78. The monoisotopic (exact) mass is 214 g/mol. The minimum Gasteiger partial charge on any atom is -0.481 e. The van der Waals surface area contributed by atoms with Crippen molar-refractivity contribution in [1.29, 1.82) is 0 Å². The zero-order valence-electron chi connectivity index (χ0n) is 8.87. The fraction of sp³-hybridized carbons (Fsp3) is 0.800. The topological polar surface area (TPSA) is 69.6 Å². The zero-order chi connectivity index (χ0) is 11.1. The quantitative estimate of drug-likeness (QED) is 0.694. The summed E-state index contributed by atoms with van der Waals surface area (Å²) in [5, 5.41) is 11.7. The predicted octanol–water partition coefficient (Wildman–Crippen LogP) is 0.0632. The van der Waals surface area contributed by atoms with E-state index < -0.39 is 5.97 Å². The first-order chi connectivity index (χ1) is 7.20. The number of hydrogen-bond donors (Lipinski definition) is 2. The van der Waals surface area contributed by atoms with Crippen molar-refractivity contribution in [2.24, 2.45) is 0 Å². The fourth-order valence-corrected chi connectivity index (χ4v) is 1.64. The summed E-state index contributed by atoms with van der Waals surface area (Å²) in [5.74, 6) is -0.750. The van der Waals surface area contributed by atoms with Gasteiger partial charge in [-0.25, -0.2) is 0 Å². The molecule has 1 aliphatic rings. The second-order valence-electron chi connectivity index (χ2n) is 3.73. The van der Waals surface area contributed by atoms with E-state index in [0.29, 0.717) is 12.8 Å². The summed E-state index contributed by atoms with van der Waals surface area (Å²) in [6.45, 7) is 3.33. The first-order valence-corrected chi connectivity index (χ1v) is 5.40. The molecule has 0 spiro atoms. The molecule has 1 heterocycles. The molecule has 1 fully saturated rings. The number of carbonyl (C=O) groups is 2. The van der Waals surface area contributed by atoms with E-state index in [4.69, 9.17) is 5.11 Å². The number of nitrogens with zero attached hydrogens (tertiary/aromatic N) is 1. The first-order valence-electron chi connectivity index (χ1n) is 5.40. The lowest BCUT2D eigenvalue weighted by Gasteiger charge is -2.19. The highest BCUT2D eigenvalue weighted by atomic mass is 16.4. The van der Waals surface area contributed by atoms with Crippen molar-refractivity contribution in [3.63, 3.8) is 0 Å². The van der Waals surface area contributed by atoms with Crippen molar-refractivity contribution >= 4 is 11.9 Å². The molecule has 1 amide bonds. The van der Waals surface area contributed by atoms with Gasteiger partial charge in [0.15, 0.2) is 0 Å². The maximum atomic E-state index is 11.6.